The quantitative estimate of drug-likeness (QED) is 0.730. The molecule has 16 heavy (non-hydrogen) atoms. The van der Waals surface area contributed by atoms with E-state index in [4.69, 9.17) is 15.4 Å². The molecule has 1 aliphatic heterocycles. The van der Waals surface area contributed by atoms with E-state index in [1.165, 1.54) is 0 Å². The Hall–Kier alpha value is -0.740. The van der Waals surface area contributed by atoms with Gasteiger partial charge in [0, 0.05) is 22.7 Å². The van der Waals surface area contributed by atoms with Crippen molar-refractivity contribution in [3.63, 3.8) is 0 Å². The molecule has 0 saturated carbocycles. The van der Waals surface area contributed by atoms with Crippen LogP contribution in [0.1, 0.15) is 31.1 Å². The van der Waals surface area contributed by atoms with Gasteiger partial charge in [-0.3, -0.25) is 0 Å². The predicted molar refractivity (Wildman–Crippen MR) is 63.3 cm³/mol. The zero-order chi connectivity index (χ0) is 12.0. The SMILES string of the molecule is CC1(C)CC(S(=O)(=O)Cl)c2ccccc2O1. The molecule has 0 spiro atoms. The predicted octanol–water partition coefficient (Wildman–Crippen LogP) is 2.86. The fraction of sp³-hybridized carbons (Fsp3) is 0.455. The molecular weight excluding hydrogens is 248 g/mol. The van der Waals surface area contributed by atoms with Gasteiger partial charge in [-0.2, -0.15) is 0 Å². The lowest BCUT2D eigenvalue weighted by molar-refractivity contribution is 0.0824. The van der Waals surface area contributed by atoms with Gasteiger partial charge in [0.05, 0.1) is 0 Å². The second-order valence-electron chi connectivity index (χ2n) is 4.57. The highest BCUT2D eigenvalue weighted by atomic mass is 35.7. The lowest BCUT2D eigenvalue weighted by Crippen LogP contribution is -2.36. The summed E-state index contributed by atoms with van der Waals surface area (Å²) >= 11 is 0. The minimum atomic E-state index is -3.62. The summed E-state index contributed by atoms with van der Waals surface area (Å²) in [5.41, 5.74) is 0.137. The molecule has 0 aromatic heterocycles. The zero-order valence-electron chi connectivity index (χ0n) is 9.10. The van der Waals surface area contributed by atoms with Crippen LogP contribution in [0.4, 0.5) is 0 Å². The van der Waals surface area contributed by atoms with Crippen LogP contribution in [0.2, 0.25) is 0 Å². The Morgan fingerprint density at radius 2 is 2.00 bits per heavy atom. The Balaban J connectivity index is 2.57. The van der Waals surface area contributed by atoms with Gasteiger partial charge in [-0.05, 0) is 19.9 Å². The maximum atomic E-state index is 11.5. The van der Waals surface area contributed by atoms with Crippen LogP contribution in [0.25, 0.3) is 0 Å². The summed E-state index contributed by atoms with van der Waals surface area (Å²) < 4.78 is 28.8. The van der Waals surface area contributed by atoms with E-state index in [0.29, 0.717) is 17.7 Å². The maximum Gasteiger partial charge on any atom is 0.239 e. The summed E-state index contributed by atoms with van der Waals surface area (Å²) in [5, 5.41) is -0.686. The lowest BCUT2D eigenvalue weighted by Gasteiger charge is -2.36. The van der Waals surface area contributed by atoms with Crippen molar-refractivity contribution in [3.8, 4) is 5.75 Å². The van der Waals surface area contributed by atoms with Crippen molar-refractivity contribution in [2.75, 3.05) is 0 Å². The number of benzene rings is 1. The van der Waals surface area contributed by atoms with Gasteiger partial charge in [0.1, 0.15) is 16.6 Å². The lowest BCUT2D eigenvalue weighted by atomic mass is 9.94. The highest BCUT2D eigenvalue weighted by Gasteiger charge is 2.39. The first-order chi connectivity index (χ1) is 7.30. The first-order valence-corrected chi connectivity index (χ1v) is 7.38. The van der Waals surface area contributed by atoms with Crippen LogP contribution >= 0.6 is 10.7 Å². The minimum Gasteiger partial charge on any atom is -0.487 e. The van der Waals surface area contributed by atoms with Crippen LogP contribution in [-0.2, 0) is 9.05 Å². The fourth-order valence-electron chi connectivity index (χ4n) is 1.99. The van der Waals surface area contributed by atoms with Gasteiger partial charge in [-0.15, -0.1) is 0 Å². The van der Waals surface area contributed by atoms with Gasteiger partial charge in [0.15, 0.2) is 0 Å². The second kappa shape index (κ2) is 3.64. The number of ether oxygens (including phenoxy) is 1. The third-order valence-electron chi connectivity index (χ3n) is 2.67. The average Bonchev–Trinajstić information content (AvgIpc) is 2.13. The van der Waals surface area contributed by atoms with E-state index in [2.05, 4.69) is 0 Å². The van der Waals surface area contributed by atoms with Crippen LogP contribution < -0.4 is 4.74 Å². The maximum absolute atomic E-state index is 11.5. The number of hydrogen-bond acceptors (Lipinski definition) is 3. The molecule has 0 saturated heterocycles. The highest BCUT2D eigenvalue weighted by Crippen LogP contribution is 2.44. The smallest absolute Gasteiger partial charge is 0.239 e. The monoisotopic (exact) mass is 260 g/mol. The molecule has 0 amide bonds. The normalized spacial score (nSPS) is 23.3. The molecule has 1 atom stereocenters. The van der Waals surface area contributed by atoms with Gasteiger partial charge in [-0.1, -0.05) is 18.2 Å². The Morgan fingerprint density at radius 3 is 2.62 bits per heavy atom. The van der Waals surface area contributed by atoms with Crippen LogP contribution in [-0.4, -0.2) is 14.0 Å². The van der Waals surface area contributed by atoms with Crippen molar-refractivity contribution in [1.29, 1.82) is 0 Å². The van der Waals surface area contributed by atoms with E-state index in [1.54, 1.807) is 18.2 Å². The Bertz CT molecular complexity index is 508. The summed E-state index contributed by atoms with van der Waals surface area (Å²) in [6, 6.07) is 7.12. The molecule has 3 nitrogen and oxygen atoms in total. The van der Waals surface area contributed by atoms with Crippen LogP contribution in [0.5, 0.6) is 5.75 Å². The molecular formula is C11H13ClO3S. The molecule has 0 N–H and O–H groups in total. The highest BCUT2D eigenvalue weighted by molar-refractivity contribution is 8.13. The summed E-state index contributed by atoms with van der Waals surface area (Å²) in [6.07, 6.45) is 0.371. The van der Waals surface area contributed by atoms with Gasteiger partial charge in [-0.25, -0.2) is 8.42 Å². The standard InChI is InChI=1S/C11H13ClO3S/c1-11(2)7-10(16(12,13)14)8-5-3-4-6-9(8)15-11/h3-6,10H,7H2,1-2H3. The molecule has 1 heterocycles. The first-order valence-electron chi connectivity index (χ1n) is 5.01. The minimum absolute atomic E-state index is 0.371. The molecule has 88 valence electrons. The molecule has 0 bridgehead atoms. The van der Waals surface area contributed by atoms with Crippen molar-refractivity contribution in [2.24, 2.45) is 0 Å². The van der Waals surface area contributed by atoms with E-state index < -0.39 is 19.9 Å². The fourth-order valence-corrected chi connectivity index (χ4v) is 3.56. The molecule has 1 aromatic rings. The van der Waals surface area contributed by atoms with Crippen molar-refractivity contribution in [2.45, 2.75) is 31.1 Å². The first kappa shape index (κ1) is 11.7. The largest absolute Gasteiger partial charge is 0.487 e. The number of fused-ring (bicyclic) bond motifs is 1. The average molecular weight is 261 g/mol. The summed E-state index contributed by atoms with van der Waals surface area (Å²) in [6.45, 7) is 3.72. The van der Waals surface area contributed by atoms with Crippen LogP contribution in [0.15, 0.2) is 24.3 Å². The number of rotatable bonds is 1. The molecule has 0 radical (unpaired) electrons. The van der Waals surface area contributed by atoms with Crippen molar-refractivity contribution < 1.29 is 13.2 Å². The van der Waals surface area contributed by atoms with E-state index in [-0.39, 0.29) is 0 Å². The molecule has 5 heteroatoms. The molecule has 1 unspecified atom stereocenters. The number of halogens is 1. The zero-order valence-corrected chi connectivity index (χ0v) is 10.7. The number of para-hydroxylation sites is 1. The molecule has 0 aliphatic carbocycles. The van der Waals surface area contributed by atoms with Gasteiger partial charge >= 0.3 is 0 Å². The van der Waals surface area contributed by atoms with E-state index >= 15 is 0 Å². The van der Waals surface area contributed by atoms with Crippen molar-refractivity contribution in [1.82, 2.24) is 0 Å². The molecule has 2 rings (SSSR count). The van der Waals surface area contributed by atoms with Gasteiger partial charge in [0.2, 0.25) is 9.05 Å². The molecule has 1 aliphatic rings. The Morgan fingerprint density at radius 1 is 1.38 bits per heavy atom. The number of hydrogen-bond donors (Lipinski definition) is 0. The molecule has 0 fully saturated rings. The van der Waals surface area contributed by atoms with Crippen molar-refractivity contribution >= 4 is 19.7 Å². The van der Waals surface area contributed by atoms with Crippen LogP contribution in [0, 0.1) is 0 Å². The topological polar surface area (TPSA) is 43.4 Å². The van der Waals surface area contributed by atoms with Crippen LogP contribution in [0.3, 0.4) is 0 Å². The van der Waals surface area contributed by atoms with Gasteiger partial charge < -0.3 is 4.74 Å². The second-order valence-corrected chi connectivity index (χ2v) is 7.38. The summed E-state index contributed by atoms with van der Waals surface area (Å²) in [4.78, 5) is 0. The van der Waals surface area contributed by atoms with E-state index in [1.807, 2.05) is 19.9 Å². The summed E-state index contributed by atoms with van der Waals surface area (Å²) in [7, 11) is 1.87. The Kier molecular flexibility index (Phi) is 2.67. The third kappa shape index (κ3) is 2.18. The molecule has 1 aromatic carbocycles. The van der Waals surface area contributed by atoms with E-state index in [9.17, 15) is 8.42 Å². The van der Waals surface area contributed by atoms with Crippen molar-refractivity contribution in [3.05, 3.63) is 29.8 Å². The summed E-state index contributed by atoms with van der Waals surface area (Å²) in [5.74, 6) is 0.605. The van der Waals surface area contributed by atoms with E-state index in [0.717, 1.165) is 0 Å². The Labute approximate surface area is 99.8 Å². The van der Waals surface area contributed by atoms with Gasteiger partial charge in [0.25, 0.3) is 0 Å². The third-order valence-corrected chi connectivity index (χ3v) is 4.41.